The van der Waals surface area contributed by atoms with Gasteiger partial charge in [0, 0.05) is 19.5 Å². The van der Waals surface area contributed by atoms with Crippen molar-refractivity contribution < 1.29 is 0 Å². The first-order chi connectivity index (χ1) is 9.22. The fraction of sp³-hybridized carbons (Fsp3) is 0.353. The number of nitrogens with zero attached hydrogens (tertiary/aromatic N) is 1. The van der Waals surface area contributed by atoms with E-state index in [0.717, 1.165) is 25.3 Å². The van der Waals surface area contributed by atoms with E-state index in [1.165, 1.54) is 21.9 Å². The number of aryl methyl sites for hydroxylation is 1. The van der Waals surface area contributed by atoms with Gasteiger partial charge in [0.1, 0.15) is 5.84 Å². The Labute approximate surface area is 115 Å². The lowest BCUT2D eigenvalue weighted by Gasteiger charge is -2.09. The van der Waals surface area contributed by atoms with Crippen LogP contribution in [-0.2, 0) is 6.42 Å². The second-order valence-corrected chi connectivity index (χ2v) is 4.81. The van der Waals surface area contributed by atoms with E-state index in [1.54, 1.807) is 0 Å². The van der Waals surface area contributed by atoms with Crippen LogP contribution in [0.4, 0.5) is 0 Å². The smallest absolute Gasteiger partial charge is 0.101 e. The molecule has 0 saturated heterocycles. The Kier molecular flexibility index (Phi) is 4.56. The van der Waals surface area contributed by atoms with Crippen molar-refractivity contribution >= 4 is 16.6 Å². The largest absolute Gasteiger partial charge is 0.374 e. The van der Waals surface area contributed by atoms with Gasteiger partial charge in [-0.3, -0.25) is 4.99 Å². The van der Waals surface area contributed by atoms with Crippen LogP contribution in [0.25, 0.3) is 10.8 Å². The molecule has 0 aliphatic carbocycles. The highest BCUT2D eigenvalue weighted by molar-refractivity contribution is 5.88. The van der Waals surface area contributed by atoms with Gasteiger partial charge in [0.05, 0.1) is 0 Å². The molecule has 0 spiro atoms. The third-order valence-corrected chi connectivity index (χ3v) is 3.16. The zero-order chi connectivity index (χ0) is 13.7. The minimum atomic E-state index is 0.828. The molecule has 100 valence electrons. The van der Waals surface area contributed by atoms with E-state index >= 15 is 0 Å². The predicted molar refractivity (Wildman–Crippen MR) is 84.0 cm³/mol. The molecule has 0 bridgehead atoms. The summed E-state index contributed by atoms with van der Waals surface area (Å²) in [5, 5.41) is 5.95. The van der Waals surface area contributed by atoms with Crippen molar-refractivity contribution in [3.05, 3.63) is 47.5 Å². The topological polar surface area (TPSA) is 24.4 Å². The van der Waals surface area contributed by atoms with Crippen molar-refractivity contribution in [2.45, 2.75) is 27.2 Å². The van der Waals surface area contributed by atoms with E-state index in [4.69, 9.17) is 0 Å². The second-order valence-electron chi connectivity index (χ2n) is 4.81. The van der Waals surface area contributed by atoms with Crippen molar-refractivity contribution in [1.29, 1.82) is 0 Å². The Hall–Kier alpha value is -1.83. The zero-order valence-electron chi connectivity index (χ0n) is 12.0. The maximum atomic E-state index is 4.51. The number of aliphatic imine (C=N–C) groups is 1. The summed E-state index contributed by atoms with van der Waals surface area (Å²) in [6.07, 6.45) is 0.880. The minimum Gasteiger partial charge on any atom is -0.374 e. The molecule has 0 atom stereocenters. The average Bonchev–Trinajstić information content (AvgIpc) is 2.39. The van der Waals surface area contributed by atoms with Gasteiger partial charge in [-0.15, -0.1) is 0 Å². The van der Waals surface area contributed by atoms with Gasteiger partial charge in [0.2, 0.25) is 0 Å². The first-order valence-electron chi connectivity index (χ1n) is 6.99. The van der Waals surface area contributed by atoms with E-state index in [0.29, 0.717) is 0 Å². The van der Waals surface area contributed by atoms with Gasteiger partial charge >= 0.3 is 0 Å². The molecule has 0 aromatic heterocycles. The molecule has 0 saturated carbocycles. The monoisotopic (exact) mass is 254 g/mol. The highest BCUT2D eigenvalue weighted by Gasteiger charge is 2.02. The van der Waals surface area contributed by atoms with Gasteiger partial charge < -0.3 is 5.32 Å². The van der Waals surface area contributed by atoms with Crippen molar-refractivity contribution in [2.24, 2.45) is 4.99 Å². The SMILES string of the molecule is CCN=C(Cc1ccc2cc(C)ccc2c1)NCC. The highest BCUT2D eigenvalue weighted by Crippen LogP contribution is 2.18. The van der Waals surface area contributed by atoms with E-state index in [-0.39, 0.29) is 0 Å². The lowest BCUT2D eigenvalue weighted by atomic mass is 10.0. The lowest BCUT2D eigenvalue weighted by Crippen LogP contribution is -2.25. The van der Waals surface area contributed by atoms with Crippen molar-refractivity contribution in [2.75, 3.05) is 13.1 Å². The maximum absolute atomic E-state index is 4.51. The summed E-state index contributed by atoms with van der Waals surface area (Å²) in [6, 6.07) is 13.2. The number of rotatable bonds is 4. The van der Waals surface area contributed by atoms with Crippen LogP contribution in [0.15, 0.2) is 41.4 Å². The zero-order valence-corrected chi connectivity index (χ0v) is 12.0. The summed E-state index contributed by atoms with van der Waals surface area (Å²) in [6.45, 7) is 8.06. The Morgan fingerprint density at radius 3 is 2.53 bits per heavy atom. The van der Waals surface area contributed by atoms with Crippen LogP contribution in [0.1, 0.15) is 25.0 Å². The summed E-state index contributed by atoms with van der Waals surface area (Å²) in [5.41, 5.74) is 2.62. The maximum Gasteiger partial charge on any atom is 0.101 e. The molecule has 19 heavy (non-hydrogen) atoms. The van der Waals surface area contributed by atoms with Crippen LogP contribution in [0.2, 0.25) is 0 Å². The second kappa shape index (κ2) is 6.37. The van der Waals surface area contributed by atoms with Crippen molar-refractivity contribution in [3.63, 3.8) is 0 Å². The quantitative estimate of drug-likeness (QED) is 0.652. The summed E-state index contributed by atoms with van der Waals surface area (Å²) in [4.78, 5) is 4.51. The molecular formula is C17H22N2. The first kappa shape index (κ1) is 13.6. The van der Waals surface area contributed by atoms with Crippen LogP contribution in [0.5, 0.6) is 0 Å². The summed E-state index contributed by atoms with van der Waals surface area (Å²) in [5.74, 6) is 1.08. The van der Waals surface area contributed by atoms with E-state index in [9.17, 15) is 0 Å². The molecular weight excluding hydrogens is 232 g/mol. The third-order valence-electron chi connectivity index (χ3n) is 3.16. The normalized spacial score (nSPS) is 11.8. The van der Waals surface area contributed by atoms with Crippen LogP contribution < -0.4 is 5.32 Å². The molecule has 1 N–H and O–H groups in total. The Morgan fingerprint density at radius 1 is 1.05 bits per heavy atom. The van der Waals surface area contributed by atoms with Crippen LogP contribution in [0.3, 0.4) is 0 Å². The molecule has 0 heterocycles. The molecule has 2 nitrogen and oxygen atoms in total. The van der Waals surface area contributed by atoms with E-state index < -0.39 is 0 Å². The molecule has 2 aromatic rings. The van der Waals surface area contributed by atoms with Gasteiger partial charge in [-0.05, 0) is 37.1 Å². The predicted octanol–water partition coefficient (Wildman–Crippen LogP) is 3.72. The summed E-state index contributed by atoms with van der Waals surface area (Å²) < 4.78 is 0. The number of hydrogen-bond acceptors (Lipinski definition) is 1. The Bertz CT molecular complexity index is 585. The fourth-order valence-electron chi connectivity index (χ4n) is 2.29. The number of benzene rings is 2. The molecule has 2 heteroatoms. The van der Waals surface area contributed by atoms with Crippen LogP contribution >= 0.6 is 0 Å². The number of fused-ring (bicyclic) bond motifs is 1. The molecule has 0 unspecified atom stereocenters. The summed E-state index contributed by atoms with van der Waals surface area (Å²) in [7, 11) is 0. The average molecular weight is 254 g/mol. The number of likely N-dealkylation sites (N-methyl/N-ethyl adjacent to an activating group) is 1. The van der Waals surface area contributed by atoms with E-state index in [2.05, 4.69) is 67.5 Å². The number of amidine groups is 1. The molecule has 0 amide bonds. The molecule has 0 aliphatic rings. The molecule has 0 radical (unpaired) electrons. The molecule has 2 aromatic carbocycles. The van der Waals surface area contributed by atoms with E-state index in [1.807, 2.05) is 0 Å². The first-order valence-corrected chi connectivity index (χ1v) is 6.99. The van der Waals surface area contributed by atoms with Crippen LogP contribution in [0, 0.1) is 6.92 Å². The Balaban J connectivity index is 2.25. The molecule has 0 fully saturated rings. The van der Waals surface area contributed by atoms with Crippen molar-refractivity contribution in [3.8, 4) is 0 Å². The minimum absolute atomic E-state index is 0.828. The van der Waals surface area contributed by atoms with Gasteiger partial charge in [0.25, 0.3) is 0 Å². The van der Waals surface area contributed by atoms with Crippen molar-refractivity contribution in [1.82, 2.24) is 5.32 Å². The van der Waals surface area contributed by atoms with Gasteiger partial charge in [-0.1, -0.05) is 42.0 Å². The third kappa shape index (κ3) is 3.57. The Morgan fingerprint density at radius 2 is 1.79 bits per heavy atom. The molecule has 2 rings (SSSR count). The van der Waals surface area contributed by atoms with Gasteiger partial charge in [-0.25, -0.2) is 0 Å². The highest BCUT2D eigenvalue weighted by atomic mass is 15.0. The standard InChI is InChI=1S/C17H22N2/c1-4-18-17(19-5-2)12-14-7-9-15-10-13(3)6-8-16(15)11-14/h6-11H,4-5,12H2,1-3H3,(H,18,19). The van der Waals surface area contributed by atoms with Gasteiger partial charge in [0.15, 0.2) is 0 Å². The number of hydrogen-bond donors (Lipinski definition) is 1. The lowest BCUT2D eigenvalue weighted by molar-refractivity contribution is 0.923. The van der Waals surface area contributed by atoms with Gasteiger partial charge in [-0.2, -0.15) is 0 Å². The fourth-order valence-corrected chi connectivity index (χ4v) is 2.29. The number of nitrogens with one attached hydrogen (secondary N) is 1. The molecule has 0 aliphatic heterocycles. The summed E-state index contributed by atoms with van der Waals surface area (Å²) >= 11 is 0. The van der Waals surface area contributed by atoms with Crippen LogP contribution in [-0.4, -0.2) is 18.9 Å².